The summed E-state index contributed by atoms with van der Waals surface area (Å²) in [6, 6.07) is 7.62. The molecule has 2 heterocycles. The Balaban J connectivity index is 1.77. The first-order valence-corrected chi connectivity index (χ1v) is 6.56. The Morgan fingerprint density at radius 2 is 1.90 bits per heavy atom. The van der Waals surface area contributed by atoms with Crippen LogP contribution in [0.1, 0.15) is 5.56 Å². The van der Waals surface area contributed by atoms with Crippen LogP contribution in [0.4, 0.5) is 0 Å². The van der Waals surface area contributed by atoms with E-state index in [-0.39, 0.29) is 13.2 Å². The molecule has 0 aromatic heterocycles. The number of rotatable bonds is 1. The van der Waals surface area contributed by atoms with Crippen LogP contribution in [0.3, 0.4) is 0 Å². The normalized spacial score (nSPS) is 37.6. The van der Waals surface area contributed by atoms with Crippen molar-refractivity contribution in [3.63, 3.8) is 0 Å². The minimum Gasteiger partial charge on any atom is -0.402 e. The van der Waals surface area contributed by atoms with Gasteiger partial charge in [0.15, 0.2) is 0 Å². The van der Waals surface area contributed by atoms with E-state index in [1.54, 1.807) is 0 Å². The minimum atomic E-state index is -1.42. The zero-order valence-electron chi connectivity index (χ0n) is 11.1. The van der Waals surface area contributed by atoms with Gasteiger partial charge in [-0.3, -0.25) is 0 Å². The van der Waals surface area contributed by atoms with Crippen molar-refractivity contribution in [1.82, 2.24) is 0 Å². The summed E-state index contributed by atoms with van der Waals surface area (Å²) in [7, 11) is -0.660. The highest BCUT2D eigenvalue weighted by Crippen LogP contribution is 2.32. The minimum absolute atomic E-state index is 0.00348. The second kappa shape index (κ2) is 5.11. The molecule has 0 radical (unpaired) electrons. The van der Waals surface area contributed by atoms with Crippen molar-refractivity contribution in [2.24, 2.45) is 0 Å². The van der Waals surface area contributed by atoms with Gasteiger partial charge >= 0.3 is 7.12 Å². The number of aliphatic hydroxyl groups excluding tert-OH is 3. The molecule has 20 heavy (non-hydrogen) atoms. The van der Waals surface area contributed by atoms with Gasteiger partial charge in [0.2, 0.25) is 5.79 Å². The highest BCUT2D eigenvalue weighted by Gasteiger charge is 2.56. The van der Waals surface area contributed by atoms with Crippen LogP contribution in [0.25, 0.3) is 0 Å². The third-order valence-electron chi connectivity index (χ3n) is 3.76. The second-order valence-electron chi connectivity index (χ2n) is 5.30. The van der Waals surface area contributed by atoms with E-state index in [0.29, 0.717) is 0 Å². The summed E-state index contributed by atoms with van der Waals surface area (Å²) in [5.41, 5.74) is 1.93. The van der Waals surface area contributed by atoms with Gasteiger partial charge in [0.1, 0.15) is 18.3 Å². The van der Waals surface area contributed by atoms with Crippen LogP contribution in [0, 0.1) is 6.92 Å². The molecule has 1 spiro atoms. The van der Waals surface area contributed by atoms with Gasteiger partial charge in [-0.1, -0.05) is 29.8 Å². The van der Waals surface area contributed by atoms with Gasteiger partial charge in [-0.15, -0.1) is 0 Å². The monoisotopic (exact) mass is 286 g/mol. The number of aliphatic hydroxyl groups is 3. The predicted octanol–water partition coefficient (Wildman–Crippen LogP) is -1.45. The molecule has 6 nitrogen and oxygen atoms in total. The molecule has 108 valence electrons. The van der Waals surface area contributed by atoms with Crippen molar-refractivity contribution >= 4 is 12.6 Å². The fourth-order valence-corrected chi connectivity index (χ4v) is 2.44. The maximum Gasteiger partial charge on any atom is 0.496 e. The Labute approximate surface area is 117 Å². The lowest BCUT2D eigenvalue weighted by Crippen LogP contribution is -2.62. The summed E-state index contributed by atoms with van der Waals surface area (Å²) in [5.74, 6) is -1.42. The Morgan fingerprint density at radius 1 is 1.20 bits per heavy atom. The molecule has 7 heteroatoms. The maximum absolute atomic E-state index is 10.1. The smallest absolute Gasteiger partial charge is 0.402 e. The maximum atomic E-state index is 10.1. The van der Waals surface area contributed by atoms with Crippen molar-refractivity contribution in [1.29, 1.82) is 0 Å². The number of ether oxygens (including phenoxy) is 1. The lowest BCUT2D eigenvalue weighted by atomic mass is 9.79. The van der Waals surface area contributed by atoms with E-state index >= 15 is 0 Å². The van der Waals surface area contributed by atoms with Gasteiger partial charge in [-0.25, -0.2) is 0 Å². The summed E-state index contributed by atoms with van der Waals surface area (Å²) in [6.07, 6.45) is -3.80. The van der Waals surface area contributed by atoms with E-state index < -0.39 is 31.2 Å². The average Bonchev–Trinajstić information content (AvgIpc) is 2.88. The molecule has 1 aromatic rings. The van der Waals surface area contributed by atoms with E-state index in [4.69, 9.17) is 14.0 Å². The lowest BCUT2D eigenvalue weighted by Gasteiger charge is -2.41. The van der Waals surface area contributed by atoms with Crippen LogP contribution in [-0.2, 0) is 14.0 Å². The Hall–Kier alpha value is -0.955. The fraction of sp³-hybridized carbons (Fsp3) is 0.538. The predicted molar refractivity (Wildman–Crippen MR) is 70.3 cm³/mol. The van der Waals surface area contributed by atoms with Gasteiger partial charge in [-0.05, 0) is 12.4 Å². The molecule has 0 amide bonds. The van der Waals surface area contributed by atoms with Crippen LogP contribution < -0.4 is 5.46 Å². The first kappa shape index (κ1) is 14.0. The summed E-state index contributed by atoms with van der Waals surface area (Å²) in [6.45, 7) is 1.87. The SMILES string of the molecule is Cc1ccc(B2O[13CH2][13C@]3(O[13CH2][13C@@H](O)[13C@@H](O)[13C@@H]3O)O2)cc1. The van der Waals surface area contributed by atoms with Gasteiger partial charge < -0.3 is 29.4 Å². The highest BCUT2D eigenvalue weighted by molar-refractivity contribution is 6.61. The number of hydrogen-bond donors (Lipinski definition) is 3. The first-order valence-electron chi connectivity index (χ1n) is 6.56. The zero-order valence-corrected chi connectivity index (χ0v) is 11.1. The molecule has 3 rings (SSSR count). The summed E-state index contributed by atoms with van der Waals surface area (Å²) < 4.78 is 16.6. The zero-order chi connectivity index (χ0) is 14.3. The molecule has 0 bridgehead atoms. The molecule has 2 aliphatic rings. The first-order chi connectivity index (χ1) is 9.52. The summed E-state index contributed by atoms with van der Waals surface area (Å²) in [4.78, 5) is 0. The van der Waals surface area contributed by atoms with Gasteiger partial charge in [0.05, 0.1) is 13.2 Å². The molecule has 0 saturated carbocycles. The van der Waals surface area contributed by atoms with E-state index in [2.05, 4.69) is 0 Å². The molecule has 3 N–H and O–H groups in total. The molecule has 2 aliphatic heterocycles. The Bertz CT molecular complexity index is 480. The Morgan fingerprint density at radius 3 is 2.60 bits per heavy atom. The van der Waals surface area contributed by atoms with Crippen molar-refractivity contribution in [3.05, 3.63) is 29.8 Å². The van der Waals surface area contributed by atoms with Gasteiger partial charge in [-0.2, -0.15) is 0 Å². The van der Waals surface area contributed by atoms with Crippen LogP contribution in [0.15, 0.2) is 24.3 Å². The molecule has 2 fully saturated rings. The molecule has 0 unspecified atom stereocenters. The summed E-state index contributed by atoms with van der Waals surface area (Å²) in [5, 5.41) is 29.3. The van der Waals surface area contributed by atoms with Crippen LogP contribution >= 0.6 is 0 Å². The van der Waals surface area contributed by atoms with Crippen molar-refractivity contribution in [2.75, 3.05) is 13.2 Å². The van der Waals surface area contributed by atoms with Crippen LogP contribution in [-0.4, -0.2) is 59.8 Å². The molecule has 4 atom stereocenters. The average molecular weight is 286 g/mol. The van der Waals surface area contributed by atoms with Gasteiger partial charge in [0.25, 0.3) is 0 Å². The van der Waals surface area contributed by atoms with Crippen molar-refractivity contribution in [3.8, 4) is 0 Å². The molecule has 2 saturated heterocycles. The topological polar surface area (TPSA) is 88.4 Å². The highest BCUT2D eigenvalue weighted by atomic mass is 17.0. The molecule has 0 aliphatic carbocycles. The second-order valence-corrected chi connectivity index (χ2v) is 5.30. The van der Waals surface area contributed by atoms with E-state index in [1.807, 2.05) is 31.2 Å². The van der Waals surface area contributed by atoms with E-state index in [0.717, 1.165) is 11.0 Å². The van der Waals surface area contributed by atoms with E-state index in [9.17, 15) is 15.3 Å². The van der Waals surface area contributed by atoms with Gasteiger partial charge in [0, 0.05) is 0 Å². The summed E-state index contributed by atoms with van der Waals surface area (Å²) >= 11 is 0. The standard InChI is InChI=1S/C13H17BO6/c1-8-2-4-9(5-3-8)14-19-7-13(20-14)12(17)11(16)10(15)6-18-13/h2-5,10-12,15-17H,6-7H2,1H3/t10-,11-,12+,13+/m1/s1/i6+1,7+1,10+1,11+1,12+1,13+1. The molecular weight excluding hydrogens is 269 g/mol. The van der Waals surface area contributed by atoms with Crippen LogP contribution in [0.5, 0.6) is 0 Å². The Kier molecular flexibility index (Phi) is 3.57. The van der Waals surface area contributed by atoms with Crippen molar-refractivity contribution < 1.29 is 29.4 Å². The molecule has 1 aromatic carbocycles. The van der Waals surface area contributed by atoms with E-state index in [1.165, 1.54) is 0 Å². The third kappa shape index (κ3) is 2.26. The fourth-order valence-electron chi connectivity index (χ4n) is 2.44. The van der Waals surface area contributed by atoms with Crippen molar-refractivity contribution in [2.45, 2.75) is 31.0 Å². The van der Waals surface area contributed by atoms with Crippen LogP contribution in [0.2, 0.25) is 0 Å². The lowest BCUT2D eigenvalue weighted by molar-refractivity contribution is -0.302. The molecular formula is C13H17BO6. The quantitative estimate of drug-likeness (QED) is 0.432. The number of hydrogen-bond acceptors (Lipinski definition) is 6. The number of aryl methyl sites for hydroxylation is 1. The number of benzene rings is 1. The third-order valence-corrected chi connectivity index (χ3v) is 3.76. The largest absolute Gasteiger partial charge is 0.496 e.